The first-order chi connectivity index (χ1) is 7.52. The summed E-state index contributed by atoms with van der Waals surface area (Å²) in [5.41, 5.74) is 0.415. The molecule has 3 nitrogen and oxygen atoms in total. The van der Waals surface area contributed by atoms with E-state index < -0.39 is 10.1 Å². The molecule has 0 aromatic heterocycles. The van der Waals surface area contributed by atoms with E-state index in [1.165, 1.54) is 18.2 Å². The summed E-state index contributed by atoms with van der Waals surface area (Å²) in [5, 5.41) is 9.91. The number of hydrogen-bond acceptors (Lipinski definition) is 3. The molecule has 84 valence electrons. The van der Waals surface area contributed by atoms with Crippen LogP contribution in [-0.2, 0) is 16.0 Å². The van der Waals surface area contributed by atoms with Gasteiger partial charge in [0.1, 0.15) is 5.75 Å². The number of carbonyl (C=O) groups excluding carboxylic acids is 1. The van der Waals surface area contributed by atoms with Gasteiger partial charge in [-0.2, -0.15) is 0 Å². The molecule has 0 radical (unpaired) electrons. The van der Waals surface area contributed by atoms with Crippen molar-refractivity contribution in [3.8, 4) is 18.1 Å². The molecule has 0 aliphatic carbocycles. The Morgan fingerprint density at radius 2 is 2.38 bits per heavy atom. The van der Waals surface area contributed by atoms with E-state index in [-0.39, 0.29) is 12.2 Å². The van der Waals surface area contributed by atoms with Gasteiger partial charge in [0.15, 0.2) is 0 Å². The Hall–Kier alpha value is -0.930. The summed E-state index contributed by atoms with van der Waals surface area (Å²) in [6, 6.07) is 4.47. The maximum absolute atomic E-state index is 11.4. The molecule has 0 amide bonds. The molecule has 0 saturated heterocycles. The molecule has 1 N–H and O–H groups in total. The maximum atomic E-state index is 11.4. The van der Waals surface area contributed by atoms with E-state index in [9.17, 15) is 9.90 Å². The minimum Gasteiger partial charge on any atom is -0.508 e. The van der Waals surface area contributed by atoms with Gasteiger partial charge in [0.2, 0.25) is 4.11 Å². The minimum absolute atomic E-state index is 0.00654. The molecular formula is C11H8ClIO3. The average molecular weight is 351 g/mol. The van der Waals surface area contributed by atoms with Gasteiger partial charge in [-0.1, -0.05) is 17.5 Å². The summed E-state index contributed by atoms with van der Waals surface area (Å²) in [4.78, 5) is 11.4. The highest BCUT2D eigenvalue weighted by Gasteiger charge is 2.12. The summed E-state index contributed by atoms with van der Waals surface area (Å²) in [7, 11) is 0. The van der Waals surface area contributed by atoms with Gasteiger partial charge in [-0.3, -0.25) is 4.79 Å². The zero-order valence-corrected chi connectivity index (χ0v) is 11.0. The van der Waals surface area contributed by atoms with Crippen LogP contribution in [0.4, 0.5) is 0 Å². The van der Waals surface area contributed by atoms with Crippen LogP contribution in [0.5, 0.6) is 5.75 Å². The van der Waals surface area contributed by atoms with Gasteiger partial charge in [-0.15, -0.1) is 6.42 Å². The van der Waals surface area contributed by atoms with Crippen molar-refractivity contribution in [2.45, 2.75) is 10.5 Å². The number of ether oxygens (including phenoxy) is 1. The third-order valence-electron chi connectivity index (χ3n) is 1.74. The Morgan fingerprint density at radius 3 is 3.00 bits per heavy atom. The molecule has 0 fully saturated rings. The highest BCUT2D eigenvalue weighted by molar-refractivity contribution is 14.1. The van der Waals surface area contributed by atoms with Crippen LogP contribution in [0.3, 0.4) is 0 Å². The molecular weight excluding hydrogens is 342 g/mol. The zero-order valence-electron chi connectivity index (χ0n) is 8.11. The summed E-state index contributed by atoms with van der Waals surface area (Å²) < 4.78 is 4.25. The molecule has 1 atom stereocenters. The van der Waals surface area contributed by atoms with E-state index >= 15 is 0 Å². The molecule has 0 bridgehead atoms. The van der Waals surface area contributed by atoms with Crippen LogP contribution < -0.4 is 0 Å². The second-order valence-electron chi connectivity index (χ2n) is 2.92. The molecule has 16 heavy (non-hydrogen) atoms. The van der Waals surface area contributed by atoms with E-state index in [1.807, 2.05) is 22.6 Å². The minimum atomic E-state index is -0.605. The van der Waals surface area contributed by atoms with Crippen LogP contribution >= 0.6 is 34.2 Å². The van der Waals surface area contributed by atoms with E-state index in [4.69, 9.17) is 22.8 Å². The molecule has 1 aromatic rings. The van der Waals surface area contributed by atoms with Crippen molar-refractivity contribution in [2.24, 2.45) is 0 Å². The summed E-state index contributed by atoms with van der Waals surface area (Å²) in [6.07, 6.45) is 5.00. The number of esters is 1. The number of phenolic OH excluding ortho intramolecular Hbond substituents is 1. The van der Waals surface area contributed by atoms with Crippen molar-refractivity contribution in [1.82, 2.24) is 0 Å². The first-order valence-electron chi connectivity index (χ1n) is 4.30. The summed E-state index contributed by atoms with van der Waals surface area (Å²) in [6.45, 7) is 0. The van der Waals surface area contributed by atoms with Crippen molar-refractivity contribution in [3.05, 3.63) is 28.8 Å². The lowest BCUT2D eigenvalue weighted by Crippen LogP contribution is -2.12. The van der Waals surface area contributed by atoms with Crippen LogP contribution in [0.25, 0.3) is 0 Å². The van der Waals surface area contributed by atoms with Gasteiger partial charge in [-0.05, 0) is 40.8 Å². The Balaban J connectivity index is 2.70. The molecule has 0 heterocycles. The average Bonchev–Trinajstić information content (AvgIpc) is 2.23. The van der Waals surface area contributed by atoms with Crippen molar-refractivity contribution < 1.29 is 14.6 Å². The van der Waals surface area contributed by atoms with Crippen molar-refractivity contribution in [1.29, 1.82) is 0 Å². The molecule has 1 unspecified atom stereocenters. The summed E-state index contributed by atoms with van der Waals surface area (Å²) in [5.74, 6) is 1.76. The largest absolute Gasteiger partial charge is 0.508 e. The van der Waals surface area contributed by atoms with E-state index in [1.54, 1.807) is 0 Å². The normalized spacial score (nSPS) is 11.6. The van der Waals surface area contributed by atoms with E-state index in [2.05, 4.69) is 5.92 Å². The fourth-order valence-corrected chi connectivity index (χ4v) is 1.52. The fraction of sp³-hybridized carbons (Fsp3) is 0.182. The second-order valence-corrected chi connectivity index (χ2v) is 4.49. The van der Waals surface area contributed by atoms with Gasteiger partial charge in [0, 0.05) is 10.6 Å². The third-order valence-corrected chi connectivity index (χ3v) is 2.59. The predicted octanol–water partition coefficient (Wildman–Crippen LogP) is 2.53. The molecule has 0 spiro atoms. The number of hydrogen-bond donors (Lipinski definition) is 1. The highest BCUT2D eigenvalue weighted by Crippen LogP contribution is 2.22. The Kier molecular flexibility index (Phi) is 4.90. The van der Waals surface area contributed by atoms with Crippen LogP contribution in [0, 0.1) is 12.3 Å². The number of terminal acetylenes is 1. The Labute approximate surface area is 112 Å². The number of alkyl halides is 1. The number of aromatic hydroxyl groups is 1. The fourth-order valence-electron chi connectivity index (χ4n) is 1.04. The number of carbonyl (C=O) groups is 1. The molecule has 0 aliphatic heterocycles. The Bertz CT molecular complexity index is 439. The van der Waals surface area contributed by atoms with Crippen LogP contribution in [0.1, 0.15) is 5.56 Å². The molecule has 0 aliphatic rings. The lowest BCUT2D eigenvalue weighted by atomic mass is 10.1. The predicted molar refractivity (Wildman–Crippen MR) is 69.6 cm³/mol. The number of benzene rings is 1. The van der Waals surface area contributed by atoms with Gasteiger partial charge in [0.25, 0.3) is 0 Å². The number of rotatable bonds is 3. The van der Waals surface area contributed by atoms with Crippen LogP contribution in [-0.4, -0.2) is 15.2 Å². The van der Waals surface area contributed by atoms with Crippen molar-refractivity contribution in [3.63, 3.8) is 0 Å². The van der Waals surface area contributed by atoms with Crippen LogP contribution in [0.15, 0.2) is 18.2 Å². The molecule has 1 rings (SSSR count). The molecule has 0 saturated carbocycles. The first-order valence-corrected chi connectivity index (χ1v) is 5.92. The van der Waals surface area contributed by atoms with Gasteiger partial charge in [0.05, 0.1) is 6.42 Å². The Morgan fingerprint density at radius 1 is 1.69 bits per heavy atom. The molecule has 5 heteroatoms. The lowest BCUT2D eigenvalue weighted by molar-refractivity contribution is -0.142. The first kappa shape index (κ1) is 13.1. The number of halogens is 2. The van der Waals surface area contributed by atoms with Gasteiger partial charge >= 0.3 is 5.97 Å². The van der Waals surface area contributed by atoms with Gasteiger partial charge < -0.3 is 9.84 Å². The number of phenols is 1. The smallest absolute Gasteiger partial charge is 0.312 e. The summed E-state index contributed by atoms with van der Waals surface area (Å²) >= 11 is 7.55. The molecule has 1 aromatic carbocycles. The quantitative estimate of drug-likeness (QED) is 0.394. The highest BCUT2D eigenvalue weighted by atomic mass is 127. The maximum Gasteiger partial charge on any atom is 0.312 e. The van der Waals surface area contributed by atoms with Gasteiger partial charge in [-0.25, -0.2) is 0 Å². The van der Waals surface area contributed by atoms with Crippen molar-refractivity contribution in [2.75, 3.05) is 0 Å². The second kappa shape index (κ2) is 5.97. The monoisotopic (exact) mass is 350 g/mol. The SMILES string of the molecule is C#CC(I)OC(=O)Cc1cc(Cl)ccc1O. The topological polar surface area (TPSA) is 46.5 Å². The van der Waals surface area contributed by atoms with Crippen LogP contribution in [0.2, 0.25) is 5.02 Å². The standard InChI is InChI=1S/C11H8ClIO3/c1-2-10(13)16-11(15)6-7-5-8(12)3-4-9(7)14/h1,3-5,10,14H,6H2. The zero-order chi connectivity index (χ0) is 12.1. The lowest BCUT2D eigenvalue weighted by Gasteiger charge is -2.07. The van der Waals surface area contributed by atoms with Crippen molar-refractivity contribution >= 4 is 40.2 Å². The van der Waals surface area contributed by atoms with E-state index in [0.717, 1.165) is 0 Å². The third kappa shape index (κ3) is 3.91. The van der Waals surface area contributed by atoms with E-state index in [0.29, 0.717) is 10.6 Å².